The highest BCUT2D eigenvalue weighted by atomic mass is 32.2. The third-order valence-electron chi connectivity index (χ3n) is 1.82. The molecule has 5 nitrogen and oxygen atoms in total. The van der Waals surface area contributed by atoms with E-state index in [0.29, 0.717) is 5.69 Å². The van der Waals surface area contributed by atoms with Crippen LogP contribution in [0.15, 0.2) is 28.7 Å². The highest BCUT2D eigenvalue weighted by Crippen LogP contribution is 2.19. The van der Waals surface area contributed by atoms with Gasteiger partial charge in [0.15, 0.2) is 10.9 Å². The molecule has 0 aliphatic heterocycles. The van der Waals surface area contributed by atoms with Gasteiger partial charge in [0.1, 0.15) is 0 Å². The van der Waals surface area contributed by atoms with E-state index < -0.39 is 20.9 Å². The second-order valence-corrected chi connectivity index (χ2v) is 5.65. The van der Waals surface area contributed by atoms with Gasteiger partial charge in [-0.25, -0.2) is 14.4 Å². The first-order chi connectivity index (χ1) is 7.99. The topological polar surface area (TPSA) is 72.0 Å². The van der Waals surface area contributed by atoms with E-state index in [2.05, 4.69) is 14.7 Å². The maximum atomic E-state index is 13.3. The number of hydrogen-bond donors (Lipinski definition) is 1. The van der Waals surface area contributed by atoms with Crippen LogP contribution in [0.2, 0.25) is 0 Å². The maximum absolute atomic E-state index is 13.3. The number of aromatic nitrogens is 2. The van der Waals surface area contributed by atoms with Crippen molar-refractivity contribution in [1.82, 2.24) is 9.97 Å². The normalized spacial score (nSPS) is 11.4. The molecule has 8 heteroatoms. The lowest BCUT2D eigenvalue weighted by Gasteiger charge is -2.04. The zero-order valence-corrected chi connectivity index (χ0v) is 10.3. The first-order valence-corrected chi connectivity index (χ1v) is 6.91. The van der Waals surface area contributed by atoms with Gasteiger partial charge < -0.3 is 0 Å². The van der Waals surface area contributed by atoms with E-state index in [1.807, 2.05) is 0 Å². The third kappa shape index (κ3) is 2.59. The standard InChI is InChI=1S/C9H8FN3O2S2/c1-6-5-16-9(12-6)13-17(14,15)8-7(10)3-2-4-11-8/h2-5H,1H3,(H,12,13). The lowest BCUT2D eigenvalue weighted by Crippen LogP contribution is -2.16. The van der Waals surface area contributed by atoms with Crippen molar-refractivity contribution in [2.24, 2.45) is 0 Å². The predicted molar refractivity (Wildman–Crippen MR) is 61.9 cm³/mol. The highest BCUT2D eigenvalue weighted by molar-refractivity contribution is 7.92. The summed E-state index contributed by atoms with van der Waals surface area (Å²) in [5, 5.41) is 1.24. The van der Waals surface area contributed by atoms with Crippen LogP contribution in [0.1, 0.15) is 5.69 Å². The van der Waals surface area contributed by atoms with Crippen LogP contribution in [0.25, 0.3) is 0 Å². The molecule has 0 spiro atoms. The lowest BCUT2D eigenvalue weighted by molar-refractivity contribution is 0.557. The first kappa shape index (κ1) is 11.9. The molecular weight excluding hydrogens is 265 g/mol. The molecule has 0 aromatic carbocycles. The number of nitrogens with zero attached hydrogens (tertiary/aromatic N) is 2. The smallest absolute Gasteiger partial charge is 0.253 e. The van der Waals surface area contributed by atoms with Gasteiger partial charge >= 0.3 is 0 Å². The number of nitrogens with one attached hydrogen (secondary N) is 1. The number of anilines is 1. The van der Waals surface area contributed by atoms with E-state index in [0.717, 1.165) is 17.4 Å². The molecule has 2 rings (SSSR count). The monoisotopic (exact) mass is 273 g/mol. The fourth-order valence-corrected chi connectivity index (χ4v) is 3.08. The van der Waals surface area contributed by atoms with Gasteiger partial charge in [-0.05, 0) is 19.1 Å². The van der Waals surface area contributed by atoms with Crippen molar-refractivity contribution in [3.8, 4) is 0 Å². The molecular formula is C9H8FN3O2S2. The van der Waals surface area contributed by atoms with Gasteiger partial charge in [0.25, 0.3) is 10.0 Å². The van der Waals surface area contributed by atoms with Crippen LogP contribution in [0, 0.1) is 12.7 Å². The summed E-state index contributed by atoms with van der Waals surface area (Å²) in [6.45, 7) is 1.73. The Labute approximate surface area is 101 Å². The Hall–Kier alpha value is -1.54. The van der Waals surface area contributed by atoms with Crippen LogP contribution in [0.3, 0.4) is 0 Å². The van der Waals surface area contributed by atoms with E-state index in [1.165, 1.54) is 12.3 Å². The number of sulfonamides is 1. The van der Waals surface area contributed by atoms with E-state index in [1.54, 1.807) is 12.3 Å². The SMILES string of the molecule is Cc1csc(NS(=O)(=O)c2ncccc2F)n1. The molecule has 90 valence electrons. The zero-order chi connectivity index (χ0) is 12.5. The molecule has 0 saturated heterocycles. The molecule has 0 amide bonds. The molecule has 2 aromatic rings. The number of halogens is 1. The van der Waals surface area contributed by atoms with E-state index in [4.69, 9.17) is 0 Å². The van der Waals surface area contributed by atoms with Gasteiger partial charge in [-0.15, -0.1) is 11.3 Å². The van der Waals surface area contributed by atoms with Gasteiger partial charge in [-0.2, -0.15) is 8.42 Å². The summed E-state index contributed by atoms with van der Waals surface area (Å²) in [7, 11) is -4.02. The number of rotatable bonds is 3. The van der Waals surface area contributed by atoms with Crippen molar-refractivity contribution in [3.63, 3.8) is 0 Å². The molecule has 0 saturated carbocycles. The Morgan fingerprint density at radius 2 is 2.24 bits per heavy atom. The van der Waals surface area contributed by atoms with Crippen molar-refractivity contribution in [3.05, 3.63) is 35.2 Å². The average molecular weight is 273 g/mol. The van der Waals surface area contributed by atoms with Crippen LogP contribution in [-0.4, -0.2) is 18.4 Å². The van der Waals surface area contributed by atoms with Crippen molar-refractivity contribution in [1.29, 1.82) is 0 Å². The van der Waals surface area contributed by atoms with Crippen LogP contribution in [0.4, 0.5) is 9.52 Å². The molecule has 0 aliphatic rings. The summed E-state index contributed by atoms with van der Waals surface area (Å²) >= 11 is 1.13. The Morgan fingerprint density at radius 1 is 1.47 bits per heavy atom. The summed E-state index contributed by atoms with van der Waals surface area (Å²) in [4.78, 5) is 7.43. The number of hydrogen-bond acceptors (Lipinski definition) is 5. The zero-order valence-electron chi connectivity index (χ0n) is 8.71. The Kier molecular flexibility index (Phi) is 3.07. The van der Waals surface area contributed by atoms with E-state index in [9.17, 15) is 12.8 Å². The molecule has 0 bridgehead atoms. The molecule has 0 aliphatic carbocycles. The molecule has 0 unspecified atom stereocenters. The molecule has 1 N–H and O–H groups in total. The minimum Gasteiger partial charge on any atom is -0.253 e. The maximum Gasteiger partial charge on any atom is 0.284 e. The molecule has 0 atom stereocenters. The van der Waals surface area contributed by atoms with Gasteiger partial charge in [0.05, 0.1) is 5.69 Å². The fraction of sp³-hybridized carbons (Fsp3) is 0.111. The predicted octanol–water partition coefficient (Wildman–Crippen LogP) is 1.79. The van der Waals surface area contributed by atoms with E-state index in [-0.39, 0.29) is 5.13 Å². The molecule has 0 fully saturated rings. The van der Waals surface area contributed by atoms with Crippen LogP contribution in [-0.2, 0) is 10.0 Å². The summed E-state index contributed by atoms with van der Waals surface area (Å²) < 4.78 is 39.0. The lowest BCUT2D eigenvalue weighted by atomic mass is 10.5. The average Bonchev–Trinajstić information content (AvgIpc) is 2.63. The number of pyridine rings is 1. The van der Waals surface area contributed by atoms with E-state index >= 15 is 0 Å². The van der Waals surface area contributed by atoms with Gasteiger partial charge in [0.2, 0.25) is 5.03 Å². The van der Waals surface area contributed by atoms with Gasteiger partial charge in [-0.1, -0.05) is 0 Å². The quantitative estimate of drug-likeness (QED) is 0.925. The molecule has 17 heavy (non-hydrogen) atoms. The second-order valence-electron chi connectivity index (χ2n) is 3.19. The Balaban J connectivity index is 2.35. The van der Waals surface area contributed by atoms with Crippen molar-refractivity contribution < 1.29 is 12.8 Å². The third-order valence-corrected chi connectivity index (χ3v) is 4.10. The van der Waals surface area contributed by atoms with Crippen LogP contribution >= 0.6 is 11.3 Å². The fourth-order valence-electron chi connectivity index (χ4n) is 1.13. The van der Waals surface area contributed by atoms with Crippen molar-refractivity contribution >= 4 is 26.5 Å². The summed E-state index contributed by atoms with van der Waals surface area (Å²) in [5.41, 5.74) is 0.689. The highest BCUT2D eigenvalue weighted by Gasteiger charge is 2.21. The number of aryl methyl sites for hydroxylation is 1. The number of thiazole rings is 1. The largest absolute Gasteiger partial charge is 0.284 e. The second kappa shape index (κ2) is 4.38. The summed E-state index contributed by atoms with van der Waals surface area (Å²) in [6, 6.07) is 2.36. The van der Waals surface area contributed by atoms with Crippen LogP contribution in [0.5, 0.6) is 0 Å². The Bertz CT molecular complexity index is 639. The van der Waals surface area contributed by atoms with Gasteiger partial charge in [-0.3, -0.25) is 4.72 Å². The summed E-state index contributed by atoms with van der Waals surface area (Å²) in [5.74, 6) is -0.895. The van der Waals surface area contributed by atoms with Crippen LogP contribution < -0.4 is 4.72 Å². The van der Waals surface area contributed by atoms with Crippen molar-refractivity contribution in [2.45, 2.75) is 11.9 Å². The first-order valence-electron chi connectivity index (χ1n) is 4.54. The molecule has 2 heterocycles. The molecule has 0 radical (unpaired) electrons. The minimum atomic E-state index is -4.02. The summed E-state index contributed by atoms with van der Waals surface area (Å²) in [6.07, 6.45) is 1.21. The minimum absolute atomic E-state index is 0.188. The Morgan fingerprint density at radius 3 is 2.82 bits per heavy atom. The molecule has 2 aromatic heterocycles. The van der Waals surface area contributed by atoms with Gasteiger partial charge in [0, 0.05) is 11.6 Å². The van der Waals surface area contributed by atoms with Crippen molar-refractivity contribution in [2.75, 3.05) is 4.72 Å².